The van der Waals surface area contributed by atoms with Crippen LogP contribution in [0.15, 0.2) is 48.8 Å². The van der Waals surface area contributed by atoms with Crippen molar-refractivity contribution in [1.82, 2.24) is 9.38 Å². The van der Waals surface area contributed by atoms with Gasteiger partial charge in [-0.15, -0.1) is 0 Å². The molecule has 1 aromatic carbocycles. The maximum atomic E-state index is 12.4. The molecule has 0 saturated heterocycles. The minimum absolute atomic E-state index is 0.134. The summed E-state index contributed by atoms with van der Waals surface area (Å²) in [6, 6.07) is 10.7. The van der Waals surface area contributed by atoms with Gasteiger partial charge in [-0.3, -0.25) is 9.59 Å². The lowest BCUT2D eigenvalue weighted by atomic mass is 10.2. The largest absolute Gasteiger partial charge is 0.495 e. The minimum atomic E-state index is -0.221. The number of hydrogen-bond donors (Lipinski definition) is 2. The summed E-state index contributed by atoms with van der Waals surface area (Å²) in [5, 5.41) is 5.48. The SMILES string of the molecule is COc1ccc(NC(C)=O)cc1NC(=O)Cc1cn2ccccc2n1. The van der Waals surface area contributed by atoms with Gasteiger partial charge in [-0.05, 0) is 30.3 Å². The van der Waals surface area contributed by atoms with Gasteiger partial charge in [0.25, 0.3) is 0 Å². The predicted molar refractivity (Wildman–Crippen MR) is 94.8 cm³/mol. The quantitative estimate of drug-likeness (QED) is 0.748. The van der Waals surface area contributed by atoms with E-state index in [1.807, 2.05) is 35.0 Å². The summed E-state index contributed by atoms with van der Waals surface area (Å²) in [5.74, 6) is 0.103. The summed E-state index contributed by atoms with van der Waals surface area (Å²) >= 11 is 0. The van der Waals surface area contributed by atoms with Gasteiger partial charge in [0.05, 0.1) is 24.9 Å². The van der Waals surface area contributed by atoms with Crippen molar-refractivity contribution in [2.24, 2.45) is 0 Å². The number of aromatic nitrogens is 2. The number of pyridine rings is 1. The summed E-state index contributed by atoms with van der Waals surface area (Å²) in [7, 11) is 1.52. The topological polar surface area (TPSA) is 84.7 Å². The van der Waals surface area contributed by atoms with Crippen LogP contribution in [0.4, 0.5) is 11.4 Å². The lowest BCUT2D eigenvalue weighted by molar-refractivity contribution is -0.116. The molecule has 2 N–H and O–H groups in total. The number of imidazole rings is 1. The van der Waals surface area contributed by atoms with Crippen molar-refractivity contribution in [3.05, 3.63) is 54.5 Å². The molecule has 0 atom stereocenters. The molecular weight excluding hydrogens is 320 g/mol. The maximum Gasteiger partial charge on any atom is 0.230 e. The first-order valence-corrected chi connectivity index (χ1v) is 7.73. The van der Waals surface area contributed by atoms with Gasteiger partial charge in [0, 0.05) is 25.0 Å². The van der Waals surface area contributed by atoms with E-state index in [1.165, 1.54) is 14.0 Å². The number of carbonyl (C=O) groups is 2. The maximum absolute atomic E-state index is 12.4. The van der Waals surface area contributed by atoms with Gasteiger partial charge >= 0.3 is 0 Å². The van der Waals surface area contributed by atoms with Crippen LogP contribution in [0.1, 0.15) is 12.6 Å². The summed E-state index contributed by atoms with van der Waals surface area (Å²) in [6.07, 6.45) is 3.83. The fourth-order valence-electron chi connectivity index (χ4n) is 2.52. The van der Waals surface area contributed by atoms with Crippen LogP contribution >= 0.6 is 0 Å². The summed E-state index contributed by atoms with van der Waals surface area (Å²) in [6.45, 7) is 1.42. The van der Waals surface area contributed by atoms with Crippen molar-refractivity contribution < 1.29 is 14.3 Å². The molecule has 7 heteroatoms. The zero-order valence-electron chi connectivity index (χ0n) is 13.9. The van der Waals surface area contributed by atoms with Gasteiger partial charge in [0.15, 0.2) is 0 Å². The van der Waals surface area contributed by atoms with Crippen LogP contribution < -0.4 is 15.4 Å². The van der Waals surface area contributed by atoms with Crippen LogP contribution in [-0.4, -0.2) is 28.3 Å². The van der Waals surface area contributed by atoms with Crippen LogP contribution in [0.2, 0.25) is 0 Å². The molecule has 2 amide bonds. The van der Waals surface area contributed by atoms with Crippen LogP contribution in [0, 0.1) is 0 Å². The molecule has 2 aromatic heterocycles. The Morgan fingerprint density at radius 1 is 1.20 bits per heavy atom. The van der Waals surface area contributed by atoms with Gasteiger partial charge in [-0.1, -0.05) is 6.07 Å². The molecule has 0 aliphatic heterocycles. The number of amides is 2. The number of hydrogen-bond acceptors (Lipinski definition) is 4. The predicted octanol–water partition coefficient (Wildman–Crippen LogP) is 2.48. The molecule has 7 nitrogen and oxygen atoms in total. The Morgan fingerprint density at radius 3 is 2.76 bits per heavy atom. The molecule has 2 heterocycles. The van der Waals surface area contributed by atoms with E-state index in [9.17, 15) is 9.59 Å². The van der Waals surface area contributed by atoms with Crippen molar-refractivity contribution in [1.29, 1.82) is 0 Å². The van der Waals surface area contributed by atoms with Crippen LogP contribution in [-0.2, 0) is 16.0 Å². The van der Waals surface area contributed by atoms with E-state index in [-0.39, 0.29) is 18.2 Å². The summed E-state index contributed by atoms with van der Waals surface area (Å²) in [4.78, 5) is 28.0. The molecule has 0 fully saturated rings. The molecule has 3 aromatic rings. The highest BCUT2D eigenvalue weighted by Crippen LogP contribution is 2.28. The third-order valence-electron chi connectivity index (χ3n) is 3.55. The van der Waals surface area contributed by atoms with Crippen molar-refractivity contribution in [2.75, 3.05) is 17.7 Å². The number of ether oxygens (including phenoxy) is 1. The van der Waals surface area contributed by atoms with Gasteiger partial charge in [-0.25, -0.2) is 4.98 Å². The summed E-state index contributed by atoms with van der Waals surface area (Å²) < 4.78 is 7.12. The van der Waals surface area contributed by atoms with Gasteiger partial charge in [0.2, 0.25) is 11.8 Å². The zero-order valence-corrected chi connectivity index (χ0v) is 13.9. The average Bonchev–Trinajstić information content (AvgIpc) is 2.96. The van der Waals surface area contributed by atoms with Crippen LogP contribution in [0.3, 0.4) is 0 Å². The Balaban J connectivity index is 1.76. The second-order valence-electron chi connectivity index (χ2n) is 5.52. The number of rotatable bonds is 5. The third kappa shape index (κ3) is 3.95. The van der Waals surface area contributed by atoms with Crippen molar-refractivity contribution in [3.8, 4) is 5.75 Å². The molecule has 25 heavy (non-hydrogen) atoms. The normalized spacial score (nSPS) is 10.5. The Labute approximate surface area is 144 Å². The van der Waals surface area contributed by atoms with E-state index >= 15 is 0 Å². The first-order valence-electron chi connectivity index (χ1n) is 7.73. The van der Waals surface area contributed by atoms with E-state index in [1.54, 1.807) is 18.2 Å². The molecule has 0 radical (unpaired) electrons. The van der Waals surface area contributed by atoms with Crippen molar-refractivity contribution >= 4 is 28.8 Å². The minimum Gasteiger partial charge on any atom is -0.495 e. The molecule has 0 spiro atoms. The number of nitrogens with one attached hydrogen (secondary N) is 2. The molecule has 0 unspecified atom stereocenters. The Morgan fingerprint density at radius 2 is 2.04 bits per heavy atom. The first-order chi connectivity index (χ1) is 12.0. The molecule has 0 bridgehead atoms. The number of nitrogens with zero attached hydrogens (tertiary/aromatic N) is 2. The Kier molecular flexibility index (Phi) is 4.65. The number of anilines is 2. The van der Waals surface area contributed by atoms with E-state index in [2.05, 4.69) is 15.6 Å². The lowest BCUT2D eigenvalue weighted by Gasteiger charge is -2.12. The lowest BCUT2D eigenvalue weighted by Crippen LogP contribution is -2.15. The molecular formula is C18H18N4O3. The van der Waals surface area contributed by atoms with Gasteiger partial charge in [-0.2, -0.15) is 0 Å². The van der Waals surface area contributed by atoms with Gasteiger partial charge < -0.3 is 19.8 Å². The number of benzene rings is 1. The van der Waals surface area contributed by atoms with E-state index in [4.69, 9.17) is 4.74 Å². The zero-order chi connectivity index (χ0) is 17.8. The first kappa shape index (κ1) is 16.5. The van der Waals surface area contributed by atoms with E-state index in [0.29, 0.717) is 22.8 Å². The fourth-order valence-corrected chi connectivity index (χ4v) is 2.52. The van der Waals surface area contributed by atoms with E-state index < -0.39 is 0 Å². The van der Waals surface area contributed by atoms with Crippen LogP contribution in [0.5, 0.6) is 5.75 Å². The monoisotopic (exact) mass is 338 g/mol. The summed E-state index contributed by atoms with van der Waals surface area (Å²) in [5.41, 5.74) is 2.52. The molecule has 0 aliphatic carbocycles. The van der Waals surface area contributed by atoms with Gasteiger partial charge in [0.1, 0.15) is 11.4 Å². The Hall–Kier alpha value is -3.35. The van der Waals surface area contributed by atoms with Crippen LogP contribution in [0.25, 0.3) is 5.65 Å². The van der Waals surface area contributed by atoms with Crippen molar-refractivity contribution in [2.45, 2.75) is 13.3 Å². The highest BCUT2D eigenvalue weighted by Gasteiger charge is 2.12. The second-order valence-corrected chi connectivity index (χ2v) is 5.52. The highest BCUT2D eigenvalue weighted by molar-refractivity contribution is 5.95. The third-order valence-corrected chi connectivity index (χ3v) is 3.55. The molecule has 0 aliphatic rings. The van der Waals surface area contributed by atoms with Crippen molar-refractivity contribution in [3.63, 3.8) is 0 Å². The average molecular weight is 338 g/mol. The van der Waals surface area contributed by atoms with E-state index in [0.717, 1.165) is 5.65 Å². The number of methoxy groups -OCH3 is 1. The molecule has 128 valence electrons. The number of carbonyl (C=O) groups excluding carboxylic acids is 2. The Bertz CT molecular complexity index is 900. The molecule has 0 saturated carbocycles. The smallest absolute Gasteiger partial charge is 0.230 e. The number of fused-ring (bicyclic) bond motifs is 1. The standard InChI is InChI=1S/C18H18N4O3/c1-12(23)19-13-6-7-16(25-2)15(9-13)21-18(24)10-14-11-22-8-4-3-5-17(22)20-14/h3-9,11H,10H2,1-2H3,(H,19,23)(H,21,24). The second kappa shape index (κ2) is 7.04. The fraction of sp³-hybridized carbons (Fsp3) is 0.167. The highest BCUT2D eigenvalue weighted by atomic mass is 16.5. The molecule has 3 rings (SSSR count).